The summed E-state index contributed by atoms with van der Waals surface area (Å²) in [5.74, 6) is 0.196. The maximum Gasteiger partial charge on any atom is 0.194 e. The smallest absolute Gasteiger partial charge is 0.194 e. The Hall–Kier alpha value is -1.34. The third-order valence-corrected chi connectivity index (χ3v) is 2.34. The number of halogens is 1. The first kappa shape index (κ1) is 10.7. The van der Waals surface area contributed by atoms with E-state index in [0.717, 1.165) is 0 Å². The zero-order chi connectivity index (χ0) is 10.6. The van der Waals surface area contributed by atoms with Crippen molar-refractivity contribution >= 4 is 21.7 Å². The second-order valence-corrected chi connectivity index (χ2v) is 3.47. The molecule has 4 heteroatoms. The topological polar surface area (TPSA) is 50.1 Å². The van der Waals surface area contributed by atoms with E-state index in [2.05, 4.69) is 15.9 Å². The lowest BCUT2D eigenvalue weighted by Gasteiger charge is -2.06. The molecule has 1 atom stereocenters. The molecule has 0 spiro atoms. The first-order valence-corrected chi connectivity index (χ1v) is 4.83. The van der Waals surface area contributed by atoms with E-state index in [1.165, 1.54) is 7.11 Å². The van der Waals surface area contributed by atoms with Gasteiger partial charge in [-0.2, -0.15) is 5.26 Å². The molecule has 0 N–H and O–H groups in total. The van der Waals surface area contributed by atoms with Crippen LogP contribution in [0.2, 0.25) is 0 Å². The van der Waals surface area contributed by atoms with Gasteiger partial charge in [0.1, 0.15) is 5.75 Å². The molecule has 0 amide bonds. The summed E-state index contributed by atoms with van der Waals surface area (Å²) in [4.78, 5) is 10.8. The van der Waals surface area contributed by atoms with Crippen molar-refractivity contribution in [2.75, 3.05) is 7.11 Å². The molecule has 1 aromatic rings. The highest BCUT2D eigenvalue weighted by Crippen LogP contribution is 2.20. The molecule has 14 heavy (non-hydrogen) atoms. The van der Waals surface area contributed by atoms with Crippen LogP contribution in [0.5, 0.6) is 5.75 Å². The number of ketones is 1. The van der Waals surface area contributed by atoms with E-state index < -0.39 is 4.83 Å². The Morgan fingerprint density at radius 1 is 1.57 bits per heavy atom. The lowest BCUT2D eigenvalue weighted by molar-refractivity contribution is 0.100. The number of para-hydroxylation sites is 1. The van der Waals surface area contributed by atoms with Gasteiger partial charge >= 0.3 is 0 Å². The van der Waals surface area contributed by atoms with E-state index in [9.17, 15) is 4.79 Å². The van der Waals surface area contributed by atoms with Gasteiger partial charge in [-0.15, -0.1) is 0 Å². The fraction of sp³-hybridized carbons (Fsp3) is 0.200. The van der Waals surface area contributed by atoms with Crippen LogP contribution in [0.3, 0.4) is 0 Å². The summed E-state index contributed by atoms with van der Waals surface area (Å²) in [5.41, 5.74) is 0.415. The summed E-state index contributed by atoms with van der Waals surface area (Å²) in [7, 11) is 1.49. The number of hydrogen-bond donors (Lipinski definition) is 0. The summed E-state index contributed by atoms with van der Waals surface area (Å²) in [6, 6.07) is 8.64. The van der Waals surface area contributed by atoms with E-state index in [1.54, 1.807) is 24.3 Å². The Morgan fingerprint density at radius 3 is 2.79 bits per heavy atom. The molecule has 0 radical (unpaired) electrons. The third kappa shape index (κ3) is 2.12. The van der Waals surface area contributed by atoms with Gasteiger partial charge in [-0.1, -0.05) is 28.1 Å². The van der Waals surface area contributed by atoms with Crippen molar-refractivity contribution in [2.24, 2.45) is 0 Å². The van der Waals surface area contributed by atoms with Crippen molar-refractivity contribution in [3.63, 3.8) is 0 Å². The maximum absolute atomic E-state index is 11.6. The molecule has 1 rings (SSSR count). The molecule has 1 aromatic carbocycles. The minimum absolute atomic E-state index is 0.287. The Bertz CT molecular complexity index is 384. The van der Waals surface area contributed by atoms with E-state index in [-0.39, 0.29) is 5.78 Å². The lowest BCUT2D eigenvalue weighted by atomic mass is 10.1. The van der Waals surface area contributed by atoms with Gasteiger partial charge in [0.2, 0.25) is 0 Å². The average Bonchev–Trinajstić information content (AvgIpc) is 2.26. The van der Waals surface area contributed by atoms with Crippen molar-refractivity contribution in [2.45, 2.75) is 4.83 Å². The average molecular weight is 254 g/mol. The van der Waals surface area contributed by atoms with Crippen molar-refractivity contribution in [3.8, 4) is 11.8 Å². The monoisotopic (exact) mass is 253 g/mol. The summed E-state index contributed by atoms with van der Waals surface area (Å²) in [6.45, 7) is 0. The number of rotatable bonds is 3. The molecular weight excluding hydrogens is 246 g/mol. The molecule has 1 unspecified atom stereocenters. The zero-order valence-corrected chi connectivity index (χ0v) is 9.11. The van der Waals surface area contributed by atoms with Crippen LogP contribution in [0.15, 0.2) is 24.3 Å². The highest BCUT2D eigenvalue weighted by atomic mass is 79.9. The first-order valence-electron chi connectivity index (χ1n) is 3.91. The van der Waals surface area contributed by atoms with Gasteiger partial charge in [0, 0.05) is 0 Å². The summed E-state index contributed by atoms with van der Waals surface area (Å²) >= 11 is 2.98. The molecule has 0 aliphatic carbocycles. The number of alkyl halides is 1. The van der Waals surface area contributed by atoms with Gasteiger partial charge < -0.3 is 4.74 Å². The highest BCUT2D eigenvalue weighted by molar-refractivity contribution is 9.10. The van der Waals surface area contributed by atoms with Crippen LogP contribution >= 0.6 is 15.9 Å². The molecule has 0 aliphatic rings. The van der Waals surface area contributed by atoms with Gasteiger partial charge in [-0.25, -0.2) is 0 Å². The first-order chi connectivity index (χ1) is 6.70. The van der Waals surface area contributed by atoms with E-state index in [0.29, 0.717) is 11.3 Å². The largest absolute Gasteiger partial charge is 0.496 e. The predicted octanol–water partition coefficient (Wildman–Crippen LogP) is 2.16. The minimum atomic E-state index is -0.821. The molecule has 0 saturated carbocycles. The van der Waals surface area contributed by atoms with Gasteiger partial charge in [0.05, 0.1) is 18.7 Å². The quantitative estimate of drug-likeness (QED) is 0.613. The molecule has 0 aromatic heterocycles. The standard InChI is InChI=1S/C10H8BrNO2/c1-14-9-5-3-2-4-7(9)10(13)8(11)6-12/h2-5,8H,1H3. The van der Waals surface area contributed by atoms with Crippen LogP contribution in [0.1, 0.15) is 10.4 Å². The number of methoxy groups -OCH3 is 1. The van der Waals surface area contributed by atoms with E-state index in [4.69, 9.17) is 10.00 Å². The molecule has 0 saturated heterocycles. The number of Topliss-reactive ketones (excluding diaryl/α,β-unsaturated/α-hetero) is 1. The molecule has 0 heterocycles. The SMILES string of the molecule is COc1ccccc1C(=O)C(Br)C#N. The van der Waals surface area contributed by atoms with Crippen LogP contribution in [0.25, 0.3) is 0 Å². The number of ether oxygens (including phenoxy) is 1. The van der Waals surface area contributed by atoms with Gasteiger partial charge in [-0.3, -0.25) is 4.79 Å². The van der Waals surface area contributed by atoms with Gasteiger partial charge in [0.25, 0.3) is 0 Å². The normalized spacial score (nSPS) is 11.5. The Labute approximate surface area is 90.4 Å². The Balaban J connectivity index is 3.07. The van der Waals surface area contributed by atoms with Crippen molar-refractivity contribution in [1.29, 1.82) is 5.26 Å². The fourth-order valence-electron chi connectivity index (χ4n) is 1.04. The number of nitriles is 1. The maximum atomic E-state index is 11.6. The number of benzene rings is 1. The van der Waals surface area contributed by atoms with Crippen LogP contribution in [0.4, 0.5) is 0 Å². The molecule has 0 bridgehead atoms. The molecule has 0 aliphatic heterocycles. The number of hydrogen-bond acceptors (Lipinski definition) is 3. The number of nitrogens with zero attached hydrogens (tertiary/aromatic N) is 1. The van der Waals surface area contributed by atoms with E-state index in [1.807, 2.05) is 6.07 Å². The van der Waals surface area contributed by atoms with Crippen molar-refractivity contribution in [1.82, 2.24) is 0 Å². The van der Waals surface area contributed by atoms with Crippen molar-refractivity contribution < 1.29 is 9.53 Å². The zero-order valence-electron chi connectivity index (χ0n) is 7.53. The molecule has 72 valence electrons. The fourth-order valence-corrected chi connectivity index (χ4v) is 1.29. The van der Waals surface area contributed by atoms with Gasteiger partial charge in [0.15, 0.2) is 10.6 Å². The van der Waals surface area contributed by atoms with Crippen LogP contribution in [-0.2, 0) is 0 Å². The van der Waals surface area contributed by atoms with Crippen LogP contribution in [-0.4, -0.2) is 17.7 Å². The molecule has 0 fully saturated rings. The lowest BCUT2D eigenvalue weighted by Crippen LogP contribution is -2.12. The molecule has 3 nitrogen and oxygen atoms in total. The summed E-state index contributed by atoms with van der Waals surface area (Å²) in [6.07, 6.45) is 0. The highest BCUT2D eigenvalue weighted by Gasteiger charge is 2.19. The second-order valence-electron chi connectivity index (χ2n) is 2.56. The molecular formula is C10H8BrNO2. The third-order valence-electron chi connectivity index (χ3n) is 1.72. The van der Waals surface area contributed by atoms with Crippen LogP contribution in [0, 0.1) is 11.3 Å². The number of carbonyl (C=O) groups is 1. The Morgan fingerprint density at radius 2 is 2.21 bits per heavy atom. The van der Waals surface area contributed by atoms with Crippen molar-refractivity contribution in [3.05, 3.63) is 29.8 Å². The van der Waals surface area contributed by atoms with Gasteiger partial charge in [-0.05, 0) is 12.1 Å². The minimum Gasteiger partial charge on any atom is -0.496 e. The summed E-state index contributed by atoms with van der Waals surface area (Å²) < 4.78 is 5.01. The second kappa shape index (κ2) is 4.77. The van der Waals surface area contributed by atoms with E-state index >= 15 is 0 Å². The Kier molecular flexibility index (Phi) is 3.66. The number of carbonyl (C=O) groups excluding carboxylic acids is 1. The summed E-state index contributed by atoms with van der Waals surface area (Å²) in [5, 5.41) is 8.57. The van der Waals surface area contributed by atoms with Crippen LogP contribution < -0.4 is 4.74 Å². The predicted molar refractivity (Wildman–Crippen MR) is 55.7 cm³/mol.